The molecule has 0 aliphatic heterocycles. The summed E-state index contributed by atoms with van der Waals surface area (Å²) in [6, 6.07) is 8.58. The van der Waals surface area contributed by atoms with E-state index in [-0.39, 0.29) is 0 Å². The van der Waals surface area contributed by atoms with E-state index in [2.05, 4.69) is 41.5 Å². The Bertz CT molecular complexity index is 536. The number of aromatic nitrogens is 1. The second kappa shape index (κ2) is 4.69. The smallest absolute Gasteiger partial charge is 0.0346 e. The van der Waals surface area contributed by atoms with Crippen LogP contribution in [0.2, 0.25) is 0 Å². The van der Waals surface area contributed by atoms with Crippen LogP contribution in [0.15, 0.2) is 36.7 Å². The van der Waals surface area contributed by atoms with Crippen LogP contribution in [0.5, 0.6) is 0 Å². The first-order valence-corrected chi connectivity index (χ1v) is 6.84. The van der Waals surface area contributed by atoms with Gasteiger partial charge in [-0.25, -0.2) is 0 Å². The van der Waals surface area contributed by atoms with Crippen molar-refractivity contribution in [2.24, 2.45) is 0 Å². The van der Waals surface area contributed by atoms with Crippen molar-refractivity contribution in [3.05, 3.63) is 42.2 Å². The molecule has 1 saturated carbocycles. The zero-order valence-electron chi connectivity index (χ0n) is 10.9. The molecule has 1 heterocycles. The molecule has 1 aliphatic carbocycles. The largest absolute Gasteiger partial charge is 0.307 e. The van der Waals surface area contributed by atoms with E-state index in [1.807, 2.05) is 12.4 Å². The molecule has 1 aromatic carbocycles. The van der Waals surface area contributed by atoms with Gasteiger partial charge in [-0.15, -0.1) is 0 Å². The van der Waals surface area contributed by atoms with Crippen LogP contribution in [0.25, 0.3) is 10.8 Å². The van der Waals surface area contributed by atoms with Crippen molar-refractivity contribution in [1.82, 2.24) is 10.3 Å². The Morgan fingerprint density at radius 2 is 2.06 bits per heavy atom. The number of rotatable bonds is 3. The molecule has 0 amide bonds. The lowest BCUT2D eigenvalue weighted by Crippen LogP contribution is -2.38. The van der Waals surface area contributed by atoms with Gasteiger partial charge in [-0.05, 0) is 36.8 Å². The second-order valence-electron chi connectivity index (χ2n) is 5.64. The Morgan fingerprint density at radius 1 is 1.22 bits per heavy atom. The summed E-state index contributed by atoms with van der Waals surface area (Å²) in [5, 5.41) is 6.30. The van der Waals surface area contributed by atoms with E-state index in [1.54, 1.807) is 0 Å². The summed E-state index contributed by atoms with van der Waals surface area (Å²) in [6.45, 7) is 3.31. The van der Waals surface area contributed by atoms with Crippen LogP contribution in [-0.4, -0.2) is 10.5 Å². The third kappa shape index (κ3) is 2.25. The van der Waals surface area contributed by atoms with E-state index in [0.717, 1.165) is 6.54 Å². The second-order valence-corrected chi connectivity index (χ2v) is 5.64. The van der Waals surface area contributed by atoms with E-state index in [0.29, 0.717) is 5.54 Å². The topological polar surface area (TPSA) is 24.9 Å². The van der Waals surface area contributed by atoms with Gasteiger partial charge in [0.25, 0.3) is 0 Å². The number of hydrogen-bond donors (Lipinski definition) is 1. The number of nitrogens with zero attached hydrogens (tertiary/aromatic N) is 1. The van der Waals surface area contributed by atoms with Gasteiger partial charge in [-0.3, -0.25) is 4.98 Å². The number of benzene rings is 1. The first-order chi connectivity index (χ1) is 8.77. The molecule has 0 radical (unpaired) electrons. The molecule has 0 bridgehead atoms. The fourth-order valence-electron chi connectivity index (χ4n) is 2.98. The summed E-state index contributed by atoms with van der Waals surface area (Å²) in [5.74, 6) is 0. The van der Waals surface area contributed by atoms with Crippen molar-refractivity contribution >= 4 is 10.8 Å². The maximum atomic E-state index is 4.18. The fraction of sp³-hybridized carbons (Fsp3) is 0.438. The molecule has 2 aromatic rings. The lowest BCUT2D eigenvalue weighted by molar-refractivity contribution is 0.363. The lowest BCUT2D eigenvalue weighted by Gasteiger charge is -2.25. The van der Waals surface area contributed by atoms with Crippen LogP contribution in [0, 0.1) is 0 Å². The molecular formula is C16H20N2. The van der Waals surface area contributed by atoms with Gasteiger partial charge in [0.15, 0.2) is 0 Å². The minimum absolute atomic E-state index is 0.342. The molecule has 94 valence electrons. The van der Waals surface area contributed by atoms with Crippen LogP contribution in [-0.2, 0) is 6.54 Å². The van der Waals surface area contributed by atoms with Crippen molar-refractivity contribution in [3.63, 3.8) is 0 Å². The predicted octanol–water partition coefficient (Wildman–Crippen LogP) is 3.66. The number of fused-ring (bicyclic) bond motifs is 1. The van der Waals surface area contributed by atoms with Gasteiger partial charge in [0.05, 0.1) is 0 Å². The lowest BCUT2D eigenvalue weighted by atomic mass is 9.99. The molecule has 1 aliphatic rings. The Balaban J connectivity index is 1.82. The Kier molecular flexibility index (Phi) is 3.04. The highest BCUT2D eigenvalue weighted by molar-refractivity contribution is 5.84. The maximum Gasteiger partial charge on any atom is 0.0346 e. The third-order valence-electron chi connectivity index (χ3n) is 4.18. The van der Waals surface area contributed by atoms with Crippen molar-refractivity contribution in [2.75, 3.05) is 0 Å². The van der Waals surface area contributed by atoms with E-state index in [1.165, 1.54) is 42.0 Å². The van der Waals surface area contributed by atoms with Crippen molar-refractivity contribution in [3.8, 4) is 0 Å². The van der Waals surface area contributed by atoms with Crippen LogP contribution in [0.1, 0.15) is 38.2 Å². The van der Waals surface area contributed by atoms with E-state index >= 15 is 0 Å². The zero-order chi connectivity index (χ0) is 12.4. The Morgan fingerprint density at radius 3 is 2.89 bits per heavy atom. The fourth-order valence-corrected chi connectivity index (χ4v) is 2.98. The monoisotopic (exact) mass is 240 g/mol. The van der Waals surface area contributed by atoms with Gasteiger partial charge in [0, 0.05) is 29.9 Å². The van der Waals surface area contributed by atoms with Crippen LogP contribution in [0.3, 0.4) is 0 Å². The highest BCUT2D eigenvalue weighted by Crippen LogP contribution is 2.29. The van der Waals surface area contributed by atoms with Gasteiger partial charge >= 0.3 is 0 Å². The van der Waals surface area contributed by atoms with E-state index in [4.69, 9.17) is 0 Å². The average Bonchev–Trinajstić information content (AvgIpc) is 2.84. The molecule has 1 N–H and O–H groups in total. The molecular weight excluding hydrogens is 220 g/mol. The van der Waals surface area contributed by atoms with Crippen molar-refractivity contribution < 1.29 is 0 Å². The molecule has 1 fully saturated rings. The molecule has 0 unspecified atom stereocenters. The first-order valence-electron chi connectivity index (χ1n) is 6.84. The molecule has 18 heavy (non-hydrogen) atoms. The molecule has 2 heteroatoms. The maximum absolute atomic E-state index is 4.18. The minimum atomic E-state index is 0.342. The van der Waals surface area contributed by atoms with Gasteiger partial charge in [0.2, 0.25) is 0 Å². The summed E-state index contributed by atoms with van der Waals surface area (Å²) in [5.41, 5.74) is 1.72. The summed E-state index contributed by atoms with van der Waals surface area (Å²) in [7, 11) is 0. The van der Waals surface area contributed by atoms with Crippen LogP contribution >= 0.6 is 0 Å². The van der Waals surface area contributed by atoms with Crippen molar-refractivity contribution in [1.29, 1.82) is 0 Å². The zero-order valence-corrected chi connectivity index (χ0v) is 10.9. The highest BCUT2D eigenvalue weighted by atomic mass is 15.0. The van der Waals surface area contributed by atoms with Gasteiger partial charge in [0.1, 0.15) is 0 Å². The Hall–Kier alpha value is -1.41. The van der Waals surface area contributed by atoms with E-state index in [9.17, 15) is 0 Å². The molecule has 1 aromatic heterocycles. The quantitative estimate of drug-likeness (QED) is 0.885. The SMILES string of the molecule is CC1(NCc2cccc3cnccc23)CCCC1. The first kappa shape index (κ1) is 11.7. The van der Waals surface area contributed by atoms with Gasteiger partial charge < -0.3 is 5.32 Å². The number of nitrogens with one attached hydrogen (secondary N) is 1. The summed E-state index contributed by atoms with van der Waals surface area (Å²) in [4.78, 5) is 4.18. The molecule has 0 saturated heterocycles. The minimum Gasteiger partial charge on any atom is -0.307 e. The van der Waals surface area contributed by atoms with Crippen LogP contribution < -0.4 is 5.32 Å². The summed E-state index contributed by atoms with van der Waals surface area (Å²) in [6.07, 6.45) is 9.16. The third-order valence-corrected chi connectivity index (χ3v) is 4.18. The highest BCUT2D eigenvalue weighted by Gasteiger charge is 2.27. The normalized spacial score (nSPS) is 18.3. The predicted molar refractivity (Wildman–Crippen MR) is 75.5 cm³/mol. The standard InChI is InChI=1S/C16H20N2/c1-16(8-2-3-9-16)18-12-14-6-4-5-13-11-17-10-7-15(13)14/h4-7,10-11,18H,2-3,8-9,12H2,1H3. The van der Waals surface area contributed by atoms with Gasteiger partial charge in [-0.1, -0.05) is 31.0 Å². The van der Waals surface area contributed by atoms with E-state index < -0.39 is 0 Å². The molecule has 3 rings (SSSR count). The van der Waals surface area contributed by atoms with Crippen molar-refractivity contribution in [2.45, 2.75) is 44.7 Å². The van der Waals surface area contributed by atoms with Crippen LogP contribution in [0.4, 0.5) is 0 Å². The number of pyridine rings is 1. The molecule has 0 atom stereocenters. The number of hydrogen-bond acceptors (Lipinski definition) is 2. The summed E-state index contributed by atoms with van der Waals surface area (Å²) >= 11 is 0. The Labute approximate surface area is 108 Å². The molecule has 2 nitrogen and oxygen atoms in total. The van der Waals surface area contributed by atoms with Gasteiger partial charge in [-0.2, -0.15) is 0 Å². The average molecular weight is 240 g/mol. The molecule has 0 spiro atoms. The summed E-state index contributed by atoms with van der Waals surface area (Å²) < 4.78 is 0.